The van der Waals surface area contributed by atoms with Crippen LogP contribution in [-0.4, -0.2) is 38.1 Å². The quantitative estimate of drug-likeness (QED) is 0.759. The van der Waals surface area contributed by atoms with Gasteiger partial charge in [-0.3, -0.25) is 0 Å². The molecule has 0 spiro atoms. The summed E-state index contributed by atoms with van der Waals surface area (Å²) in [6.45, 7) is 3.00. The van der Waals surface area contributed by atoms with Gasteiger partial charge in [0.15, 0.2) is 0 Å². The second-order valence-corrected chi connectivity index (χ2v) is 6.55. The molecule has 0 saturated carbocycles. The lowest BCUT2D eigenvalue weighted by Crippen LogP contribution is -2.23. The number of hydrogen-bond donors (Lipinski definition) is 2. The van der Waals surface area contributed by atoms with Gasteiger partial charge in [0, 0.05) is 18.2 Å². The predicted octanol–water partition coefficient (Wildman–Crippen LogP) is 2.77. The van der Waals surface area contributed by atoms with Crippen LogP contribution < -0.4 is 10.1 Å². The van der Waals surface area contributed by atoms with Crippen LogP contribution in [0.5, 0.6) is 5.75 Å². The van der Waals surface area contributed by atoms with Gasteiger partial charge in [-0.2, -0.15) is 0 Å². The average Bonchev–Trinajstić information content (AvgIpc) is 2.78. The van der Waals surface area contributed by atoms with E-state index < -0.39 is 0 Å². The fourth-order valence-electron chi connectivity index (χ4n) is 3.63. The standard InChI is InChI=1S/C19H29NO3/c21-9-12-22-10-4-8-20-18-7-3-11-23-19-14-16-6-2-1-5-15(16)13-17(18)19/h13-14,18,20-21H,1-12H2. The molecule has 0 fully saturated rings. The zero-order valence-corrected chi connectivity index (χ0v) is 14.0. The summed E-state index contributed by atoms with van der Waals surface area (Å²) in [5, 5.41) is 12.4. The van der Waals surface area contributed by atoms with Crippen molar-refractivity contribution in [3.05, 3.63) is 28.8 Å². The van der Waals surface area contributed by atoms with Crippen molar-refractivity contribution in [3.8, 4) is 5.75 Å². The summed E-state index contributed by atoms with van der Waals surface area (Å²) >= 11 is 0. The molecule has 1 aliphatic carbocycles. The monoisotopic (exact) mass is 319 g/mol. The lowest BCUT2D eigenvalue weighted by atomic mass is 9.88. The number of aliphatic hydroxyl groups is 1. The van der Waals surface area contributed by atoms with Gasteiger partial charge in [0.05, 0.1) is 19.8 Å². The smallest absolute Gasteiger partial charge is 0.124 e. The van der Waals surface area contributed by atoms with Crippen molar-refractivity contribution in [2.24, 2.45) is 0 Å². The van der Waals surface area contributed by atoms with Crippen LogP contribution in [0.25, 0.3) is 0 Å². The molecular formula is C19H29NO3. The molecule has 1 atom stereocenters. The highest BCUT2D eigenvalue weighted by atomic mass is 16.5. The Labute approximate surface area is 139 Å². The molecule has 0 saturated heterocycles. The van der Waals surface area contributed by atoms with Gasteiger partial charge in [0.2, 0.25) is 0 Å². The Kier molecular flexibility index (Phi) is 6.31. The van der Waals surface area contributed by atoms with Crippen molar-refractivity contribution in [1.82, 2.24) is 5.32 Å². The molecule has 4 heteroatoms. The van der Waals surface area contributed by atoms with Crippen molar-refractivity contribution in [2.45, 2.75) is 51.0 Å². The molecule has 0 bridgehead atoms. The highest BCUT2D eigenvalue weighted by Crippen LogP contribution is 2.36. The molecule has 1 unspecified atom stereocenters. The summed E-state index contributed by atoms with van der Waals surface area (Å²) < 4.78 is 11.3. The largest absolute Gasteiger partial charge is 0.493 e. The predicted molar refractivity (Wildman–Crippen MR) is 91.1 cm³/mol. The summed E-state index contributed by atoms with van der Waals surface area (Å²) in [4.78, 5) is 0. The van der Waals surface area contributed by atoms with Crippen molar-refractivity contribution >= 4 is 0 Å². The van der Waals surface area contributed by atoms with Crippen LogP contribution >= 0.6 is 0 Å². The summed E-state index contributed by atoms with van der Waals surface area (Å²) in [6, 6.07) is 5.08. The number of rotatable bonds is 7. The second kappa shape index (κ2) is 8.67. The fraction of sp³-hybridized carbons (Fsp3) is 0.684. The molecule has 4 nitrogen and oxygen atoms in total. The van der Waals surface area contributed by atoms with E-state index in [1.807, 2.05) is 0 Å². The summed E-state index contributed by atoms with van der Waals surface area (Å²) in [5.41, 5.74) is 4.37. The summed E-state index contributed by atoms with van der Waals surface area (Å²) in [6.07, 6.45) is 8.23. The van der Waals surface area contributed by atoms with E-state index >= 15 is 0 Å². The average molecular weight is 319 g/mol. The third-order valence-corrected chi connectivity index (χ3v) is 4.84. The SMILES string of the molecule is OCCOCCCNC1CCCOc2cc3c(cc21)CCCC3. The molecule has 0 radical (unpaired) electrons. The van der Waals surface area contributed by atoms with Gasteiger partial charge in [0.1, 0.15) is 5.75 Å². The van der Waals surface area contributed by atoms with Gasteiger partial charge in [-0.1, -0.05) is 6.07 Å². The Morgan fingerprint density at radius 1 is 1.13 bits per heavy atom. The molecule has 0 amide bonds. The molecule has 23 heavy (non-hydrogen) atoms. The van der Waals surface area contributed by atoms with Crippen molar-refractivity contribution in [1.29, 1.82) is 0 Å². The maximum Gasteiger partial charge on any atom is 0.124 e. The number of aliphatic hydroxyl groups excluding tert-OH is 1. The van der Waals surface area contributed by atoms with Gasteiger partial charge in [-0.15, -0.1) is 0 Å². The Morgan fingerprint density at radius 3 is 2.78 bits per heavy atom. The molecule has 128 valence electrons. The van der Waals surface area contributed by atoms with Crippen molar-refractivity contribution in [2.75, 3.05) is 33.0 Å². The van der Waals surface area contributed by atoms with E-state index in [4.69, 9.17) is 14.6 Å². The van der Waals surface area contributed by atoms with Crippen molar-refractivity contribution < 1.29 is 14.6 Å². The van der Waals surface area contributed by atoms with Gasteiger partial charge < -0.3 is 19.9 Å². The molecule has 1 heterocycles. The zero-order valence-electron chi connectivity index (χ0n) is 14.0. The summed E-state index contributed by atoms with van der Waals surface area (Å²) in [7, 11) is 0. The molecule has 2 aliphatic rings. The molecule has 1 aromatic carbocycles. The molecule has 0 aromatic heterocycles. The fourth-order valence-corrected chi connectivity index (χ4v) is 3.63. The van der Waals surface area contributed by atoms with E-state index in [1.165, 1.54) is 42.4 Å². The first-order valence-electron chi connectivity index (χ1n) is 9.09. The molecular weight excluding hydrogens is 290 g/mol. The van der Waals surface area contributed by atoms with Crippen LogP contribution in [-0.2, 0) is 17.6 Å². The zero-order chi connectivity index (χ0) is 15.9. The Bertz CT molecular complexity index is 504. The Hall–Kier alpha value is -1.10. The number of aryl methyl sites for hydroxylation is 2. The first-order chi connectivity index (χ1) is 11.4. The minimum absolute atomic E-state index is 0.103. The van der Waals surface area contributed by atoms with E-state index in [0.29, 0.717) is 19.3 Å². The number of nitrogens with one attached hydrogen (secondary N) is 1. The second-order valence-electron chi connectivity index (χ2n) is 6.55. The highest BCUT2D eigenvalue weighted by molar-refractivity contribution is 5.46. The summed E-state index contributed by atoms with van der Waals surface area (Å²) in [5.74, 6) is 1.09. The minimum Gasteiger partial charge on any atom is -0.493 e. The van der Waals surface area contributed by atoms with Crippen LogP contribution in [0.2, 0.25) is 0 Å². The van der Waals surface area contributed by atoms with Gasteiger partial charge in [0.25, 0.3) is 0 Å². The Balaban J connectivity index is 1.63. The number of ether oxygens (including phenoxy) is 2. The molecule has 3 rings (SSSR count). The van der Waals surface area contributed by atoms with Crippen LogP contribution in [0, 0.1) is 0 Å². The van der Waals surface area contributed by atoms with Crippen LogP contribution in [0.3, 0.4) is 0 Å². The lowest BCUT2D eigenvalue weighted by Gasteiger charge is -2.23. The number of benzene rings is 1. The lowest BCUT2D eigenvalue weighted by molar-refractivity contribution is 0.0903. The van der Waals surface area contributed by atoms with Crippen LogP contribution in [0.4, 0.5) is 0 Å². The van der Waals surface area contributed by atoms with Gasteiger partial charge in [-0.25, -0.2) is 0 Å². The third-order valence-electron chi connectivity index (χ3n) is 4.84. The van der Waals surface area contributed by atoms with Crippen molar-refractivity contribution in [3.63, 3.8) is 0 Å². The minimum atomic E-state index is 0.103. The van der Waals surface area contributed by atoms with Crippen LogP contribution in [0.1, 0.15) is 54.8 Å². The topological polar surface area (TPSA) is 50.7 Å². The van der Waals surface area contributed by atoms with E-state index in [2.05, 4.69) is 17.4 Å². The molecule has 2 N–H and O–H groups in total. The number of hydrogen-bond acceptors (Lipinski definition) is 4. The maximum atomic E-state index is 8.71. The first kappa shape index (κ1) is 16.7. The molecule has 1 aromatic rings. The van der Waals surface area contributed by atoms with Gasteiger partial charge >= 0.3 is 0 Å². The number of fused-ring (bicyclic) bond motifs is 2. The van der Waals surface area contributed by atoms with E-state index in [0.717, 1.165) is 38.2 Å². The van der Waals surface area contributed by atoms with Gasteiger partial charge in [-0.05, 0) is 68.7 Å². The molecule has 1 aliphatic heterocycles. The maximum absolute atomic E-state index is 8.71. The normalized spacial score (nSPS) is 20.3. The third kappa shape index (κ3) is 4.46. The van der Waals surface area contributed by atoms with Crippen LogP contribution in [0.15, 0.2) is 12.1 Å². The first-order valence-corrected chi connectivity index (χ1v) is 9.09. The van der Waals surface area contributed by atoms with E-state index in [-0.39, 0.29) is 6.61 Å². The van der Waals surface area contributed by atoms with E-state index in [1.54, 1.807) is 0 Å². The van der Waals surface area contributed by atoms with E-state index in [9.17, 15) is 0 Å². The highest BCUT2D eigenvalue weighted by Gasteiger charge is 2.22. The Morgan fingerprint density at radius 2 is 1.96 bits per heavy atom.